The number of nitrogens with zero attached hydrogens (tertiary/aromatic N) is 2. The lowest BCUT2D eigenvalue weighted by Gasteiger charge is -2.34. The molecular weight excluding hydrogens is 383 g/mol. The van der Waals surface area contributed by atoms with Crippen molar-refractivity contribution in [1.82, 2.24) is 9.80 Å². The summed E-state index contributed by atoms with van der Waals surface area (Å²) >= 11 is 0. The summed E-state index contributed by atoms with van der Waals surface area (Å²) in [6.07, 6.45) is 8.25. The van der Waals surface area contributed by atoms with Crippen molar-refractivity contribution in [1.29, 1.82) is 0 Å². The minimum atomic E-state index is -0.375. The van der Waals surface area contributed by atoms with E-state index in [-0.39, 0.29) is 30.2 Å². The molecule has 1 saturated heterocycles. The normalized spacial score (nSPS) is 19.9. The van der Waals surface area contributed by atoms with Crippen LogP contribution in [0.2, 0.25) is 0 Å². The van der Waals surface area contributed by atoms with Crippen LogP contribution in [0.5, 0.6) is 0 Å². The maximum atomic E-state index is 13.5. The van der Waals surface area contributed by atoms with Gasteiger partial charge in [-0.15, -0.1) is 0 Å². The zero-order chi connectivity index (χ0) is 21.5. The second kappa shape index (κ2) is 10.7. The van der Waals surface area contributed by atoms with Gasteiger partial charge in [0.25, 0.3) is 11.8 Å². The molecule has 2 aliphatic heterocycles. The Kier molecular flexibility index (Phi) is 8.02. The topological polar surface area (TPSA) is 60.9 Å². The van der Waals surface area contributed by atoms with Gasteiger partial charge >= 0.3 is 0 Å². The number of imide groups is 1. The van der Waals surface area contributed by atoms with Crippen molar-refractivity contribution in [3.05, 3.63) is 41.3 Å². The summed E-state index contributed by atoms with van der Waals surface area (Å²) < 4.78 is 13.5. The standard InChI is InChI=1S/C24H33FN2O3/c1-2-3-4-5-6-7-15-27-23(29)21(19-10-12-20(25)13-11-19)22(24(27)30)26-14-8-9-18(16-26)17-28/h10-13,18,28H,2-9,14-17H2,1H3. The minimum Gasteiger partial charge on any atom is -0.396 e. The van der Waals surface area contributed by atoms with E-state index < -0.39 is 0 Å². The van der Waals surface area contributed by atoms with E-state index in [4.69, 9.17) is 0 Å². The number of aliphatic hydroxyl groups excluding tert-OH is 1. The predicted octanol–water partition coefficient (Wildman–Crippen LogP) is 3.97. The molecule has 0 aromatic heterocycles. The van der Waals surface area contributed by atoms with E-state index in [1.807, 2.05) is 4.90 Å². The number of carbonyl (C=O) groups excluding carboxylic acids is 2. The number of hydrogen-bond acceptors (Lipinski definition) is 4. The first-order valence-corrected chi connectivity index (χ1v) is 11.3. The molecule has 1 aromatic carbocycles. The Labute approximate surface area is 178 Å². The van der Waals surface area contributed by atoms with Crippen molar-refractivity contribution in [2.45, 2.75) is 58.3 Å². The molecule has 3 rings (SSSR count). The highest BCUT2D eigenvalue weighted by Crippen LogP contribution is 2.34. The van der Waals surface area contributed by atoms with Crippen molar-refractivity contribution in [2.75, 3.05) is 26.2 Å². The van der Waals surface area contributed by atoms with Gasteiger partial charge in [0.05, 0.1) is 5.57 Å². The van der Waals surface area contributed by atoms with Crippen molar-refractivity contribution in [3.8, 4) is 0 Å². The van der Waals surface area contributed by atoms with Crippen molar-refractivity contribution in [3.63, 3.8) is 0 Å². The van der Waals surface area contributed by atoms with E-state index in [2.05, 4.69) is 6.92 Å². The monoisotopic (exact) mass is 416 g/mol. The van der Waals surface area contributed by atoms with Crippen LogP contribution in [-0.4, -0.2) is 53.0 Å². The average Bonchev–Trinajstić information content (AvgIpc) is 3.01. The van der Waals surface area contributed by atoms with Gasteiger partial charge in [-0.25, -0.2) is 4.39 Å². The molecule has 0 aliphatic carbocycles. The summed E-state index contributed by atoms with van der Waals surface area (Å²) in [6, 6.07) is 5.77. The summed E-state index contributed by atoms with van der Waals surface area (Å²) in [4.78, 5) is 29.9. The summed E-state index contributed by atoms with van der Waals surface area (Å²) in [6.45, 7) is 3.89. The Morgan fingerprint density at radius 3 is 2.43 bits per heavy atom. The van der Waals surface area contributed by atoms with E-state index in [0.717, 1.165) is 32.1 Å². The summed E-state index contributed by atoms with van der Waals surface area (Å²) in [5, 5.41) is 9.59. The van der Waals surface area contributed by atoms with Crippen LogP contribution < -0.4 is 0 Å². The molecule has 1 N–H and O–H groups in total. The summed E-state index contributed by atoms with van der Waals surface area (Å²) in [5.74, 6) is -0.830. The maximum Gasteiger partial charge on any atom is 0.277 e. The van der Waals surface area contributed by atoms with Gasteiger partial charge in [0, 0.05) is 26.2 Å². The molecule has 0 saturated carbocycles. The first-order chi connectivity index (χ1) is 14.6. The zero-order valence-corrected chi connectivity index (χ0v) is 17.9. The average molecular weight is 417 g/mol. The van der Waals surface area contributed by atoms with Gasteiger partial charge in [-0.1, -0.05) is 51.2 Å². The highest BCUT2D eigenvalue weighted by Gasteiger charge is 2.42. The van der Waals surface area contributed by atoms with Gasteiger partial charge in [0.1, 0.15) is 11.5 Å². The number of piperidine rings is 1. The first kappa shape index (κ1) is 22.5. The predicted molar refractivity (Wildman–Crippen MR) is 115 cm³/mol. The second-order valence-corrected chi connectivity index (χ2v) is 8.40. The Balaban J connectivity index is 1.81. The molecule has 30 heavy (non-hydrogen) atoms. The number of hydrogen-bond donors (Lipinski definition) is 1. The van der Waals surface area contributed by atoms with Gasteiger partial charge in [0.15, 0.2) is 0 Å². The molecular formula is C24H33FN2O3. The number of likely N-dealkylation sites (tertiary alicyclic amines) is 1. The van der Waals surface area contributed by atoms with Crippen LogP contribution in [0.4, 0.5) is 4.39 Å². The van der Waals surface area contributed by atoms with E-state index in [0.29, 0.717) is 36.5 Å². The summed E-state index contributed by atoms with van der Waals surface area (Å²) in [7, 11) is 0. The van der Waals surface area contributed by atoms with E-state index in [9.17, 15) is 19.1 Å². The van der Waals surface area contributed by atoms with E-state index >= 15 is 0 Å². The van der Waals surface area contributed by atoms with Crippen LogP contribution in [0, 0.1) is 11.7 Å². The third-order valence-electron chi connectivity index (χ3n) is 6.11. The number of carbonyl (C=O) groups is 2. The molecule has 5 nitrogen and oxygen atoms in total. The molecule has 164 valence electrons. The molecule has 1 fully saturated rings. The number of rotatable bonds is 10. The lowest BCUT2D eigenvalue weighted by molar-refractivity contribution is -0.137. The van der Waals surface area contributed by atoms with Crippen LogP contribution in [0.15, 0.2) is 30.0 Å². The zero-order valence-electron chi connectivity index (χ0n) is 17.9. The van der Waals surface area contributed by atoms with E-state index in [1.165, 1.54) is 36.3 Å². The van der Waals surface area contributed by atoms with Gasteiger partial charge in [0.2, 0.25) is 0 Å². The smallest absolute Gasteiger partial charge is 0.277 e. The Morgan fingerprint density at radius 1 is 1.03 bits per heavy atom. The second-order valence-electron chi connectivity index (χ2n) is 8.40. The fourth-order valence-electron chi connectivity index (χ4n) is 4.40. The Morgan fingerprint density at radius 2 is 1.73 bits per heavy atom. The summed E-state index contributed by atoms with van der Waals surface area (Å²) in [5.41, 5.74) is 1.35. The molecule has 2 aliphatic rings. The number of halogens is 1. The lowest BCUT2D eigenvalue weighted by atomic mass is 9.97. The van der Waals surface area contributed by atoms with Gasteiger partial charge in [-0.2, -0.15) is 0 Å². The molecule has 1 atom stereocenters. The van der Waals surface area contributed by atoms with Crippen LogP contribution >= 0.6 is 0 Å². The van der Waals surface area contributed by atoms with Crippen LogP contribution in [0.25, 0.3) is 5.57 Å². The molecule has 0 bridgehead atoms. The maximum absolute atomic E-state index is 13.5. The molecule has 2 amide bonds. The quantitative estimate of drug-likeness (QED) is 0.463. The van der Waals surface area contributed by atoms with Crippen molar-refractivity contribution >= 4 is 17.4 Å². The molecule has 0 spiro atoms. The third kappa shape index (κ3) is 5.09. The fourth-order valence-corrected chi connectivity index (χ4v) is 4.40. The van der Waals surface area contributed by atoms with Gasteiger partial charge < -0.3 is 10.0 Å². The van der Waals surface area contributed by atoms with Crippen molar-refractivity contribution < 1.29 is 19.1 Å². The fraction of sp³-hybridized carbons (Fsp3) is 0.583. The van der Waals surface area contributed by atoms with Crippen LogP contribution in [0.1, 0.15) is 63.9 Å². The van der Waals surface area contributed by atoms with Crippen LogP contribution in [0.3, 0.4) is 0 Å². The third-order valence-corrected chi connectivity index (χ3v) is 6.11. The molecule has 0 radical (unpaired) electrons. The number of aliphatic hydroxyl groups is 1. The van der Waals surface area contributed by atoms with Crippen LogP contribution in [-0.2, 0) is 9.59 Å². The lowest BCUT2D eigenvalue weighted by Crippen LogP contribution is -2.40. The van der Waals surface area contributed by atoms with E-state index in [1.54, 1.807) is 12.1 Å². The molecule has 6 heteroatoms. The molecule has 1 unspecified atom stereocenters. The molecule has 1 aromatic rings. The Bertz CT molecular complexity index is 775. The number of unbranched alkanes of at least 4 members (excludes halogenated alkanes) is 5. The highest BCUT2D eigenvalue weighted by molar-refractivity contribution is 6.35. The largest absolute Gasteiger partial charge is 0.396 e. The Hall–Kier alpha value is -2.21. The highest BCUT2D eigenvalue weighted by atomic mass is 19.1. The minimum absolute atomic E-state index is 0.0687. The van der Waals surface area contributed by atoms with Crippen molar-refractivity contribution in [2.24, 2.45) is 5.92 Å². The molecule has 2 heterocycles. The van der Waals surface area contributed by atoms with Gasteiger partial charge in [-0.3, -0.25) is 14.5 Å². The van der Waals surface area contributed by atoms with Gasteiger partial charge in [-0.05, 0) is 42.9 Å². The number of amides is 2. The SMILES string of the molecule is CCCCCCCCN1C(=O)C(c2ccc(F)cc2)=C(N2CCCC(CO)C2)C1=O. The number of benzene rings is 1. The first-order valence-electron chi connectivity index (χ1n) is 11.3.